The summed E-state index contributed by atoms with van der Waals surface area (Å²) >= 11 is 8.79. The zero-order valence-electron chi connectivity index (χ0n) is 11.1. The number of aliphatic imine (C=N–C) groups is 1. The number of benzene rings is 1. The first-order chi connectivity index (χ1) is 8.90. The third-order valence-electron chi connectivity index (χ3n) is 2.82. The van der Waals surface area contributed by atoms with Crippen molar-refractivity contribution in [1.82, 2.24) is 0 Å². The summed E-state index contributed by atoms with van der Waals surface area (Å²) < 4.78 is 0. The van der Waals surface area contributed by atoms with E-state index in [0.29, 0.717) is 11.7 Å². The number of nitrogens with zero attached hydrogens (tertiary/aromatic N) is 1. The van der Waals surface area contributed by atoms with Gasteiger partial charge >= 0.3 is 0 Å². The Kier molecular flexibility index (Phi) is 4.64. The molecule has 1 atom stereocenters. The van der Waals surface area contributed by atoms with Crippen molar-refractivity contribution >= 4 is 45.3 Å². The predicted molar refractivity (Wildman–Crippen MR) is 85.5 cm³/mol. The van der Waals surface area contributed by atoms with Crippen LogP contribution >= 0.6 is 35.1 Å². The zero-order chi connectivity index (χ0) is 14.0. The minimum Gasteiger partial charge on any atom is -0.284 e. The average molecular weight is 314 g/mol. The largest absolute Gasteiger partial charge is 0.284 e. The van der Waals surface area contributed by atoms with Crippen molar-refractivity contribution in [2.24, 2.45) is 10.9 Å². The molecule has 0 saturated carbocycles. The van der Waals surface area contributed by atoms with E-state index >= 15 is 0 Å². The molecule has 0 spiro atoms. The van der Waals surface area contributed by atoms with Crippen LogP contribution in [0.15, 0.2) is 34.2 Å². The summed E-state index contributed by atoms with van der Waals surface area (Å²) in [5.74, 6) is 0.979. The van der Waals surface area contributed by atoms with Crippen molar-refractivity contribution in [2.75, 3.05) is 5.75 Å². The number of hydrogen-bond acceptors (Lipinski definition) is 4. The van der Waals surface area contributed by atoms with Gasteiger partial charge in [-0.15, -0.1) is 11.8 Å². The van der Waals surface area contributed by atoms with E-state index in [4.69, 9.17) is 11.6 Å². The van der Waals surface area contributed by atoms with Crippen LogP contribution in [0.4, 0.5) is 0 Å². The Hall–Kier alpha value is -0.450. The van der Waals surface area contributed by atoms with E-state index < -0.39 is 5.54 Å². The number of rotatable bonds is 4. The number of carbonyl (C=O) groups excluding carboxylic acids is 1. The fourth-order valence-corrected chi connectivity index (χ4v) is 3.81. The van der Waals surface area contributed by atoms with Gasteiger partial charge in [-0.1, -0.05) is 25.4 Å². The summed E-state index contributed by atoms with van der Waals surface area (Å²) in [5, 5.41) is 1.82. The van der Waals surface area contributed by atoms with Crippen LogP contribution in [0.2, 0.25) is 5.02 Å². The monoisotopic (exact) mass is 313 g/mol. The van der Waals surface area contributed by atoms with E-state index in [1.165, 1.54) is 11.8 Å². The highest BCUT2D eigenvalue weighted by atomic mass is 35.5. The molecule has 2 nitrogen and oxygen atoms in total. The van der Waals surface area contributed by atoms with Gasteiger partial charge in [0.1, 0.15) is 5.54 Å². The lowest BCUT2D eigenvalue weighted by Gasteiger charge is -2.17. The van der Waals surface area contributed by atoms with Gasteiger partial charge in [0.15, 0.2) is 0 Å². The highest BCUT2D eigenvalue weighted by Gasteiger charge is 2.40. The van der Waals surface area contributed by atoms with Crippen molar-refractivity contribution in [3.05, 3.63) is 29.3 Å². The van der Waals surface area contributed by atoms with E-state index in [1.54, 1.807) is 11.8 Å². The van der Waals surface area contributed by atoms with Crippen LogP contribution in [0.25, 0.3) is 0 Å². The lowest BCUT2D eigenvalue weighted by Crippen LogP contribution is -2.30. The molecular weight excluding hydrogens is 298 g/mol. The standard InChI is InChI=1S/C14H16ClNOS2/c1-9(2)12-16-14(3,13(17)19-12)8-18-11-6-4-10(15)5-7-11/h4-7,9H,8H2,1-3H3/t14-/m0/s1. The van der Waals surface area contributed by atoms with Gasteiger partial charge in [0, 0.05) is 21.6 Å². The zero-order valence-corrected chi connectivity index (χ0v) is 13.5. The molecule has 0 unspecified atom stereocenters. The second-order valence-corrected chi connectivity index (χ2v) is 7.49. The highest BCUT2D eigenvalue weighted by molar-refractivity contribution is 8.27. The van der Waals surface area contributed by atoms with Crippen molar-refractivity contribution in [2.45, 2.75) is 31.2 Å². The number of carbonyl (C=O) groups is 1. The minimum absolute atomic E-state index is 0.151. The summed E-state index contributed by atoms with van der Waals surface area (Å²) in [4.78, 5) is 17.8. The lowest BCUT2D eigenvalue weighted by atomic mass is 10.1. The Labute approximate surface area is 127 Å². The highest BCUT2D eigenvalue weighted by Crippen LogP contribution is 2.36. The van der Waals surface area contributed by atoms with Gasteiger partial charge in [0.2, 0.25) is 5.12 Å². The van der Waals surface area contributed by atoms with Gasteiger partial charge in [-0.3, -0.25) is 9.79 Å². The molecule has 0 aliphatic carbocycles. The van der Waals surface area contributed by atoms with Gasteiger partial charge in [-0.2, -0.15) is 0 Å². The minimum atomic E-state index is -0.603. The maximum absolute atomic E-state index is 12.1. The molecule has 1 aliphatic rings. The SMILES string of the molecule is CC(C)C1=N[C@@](C)(CSc2ccc(Cl)cc2)C(=O)S1. The second kappa shape index (κ2) is 5.90. The molecule has 1 aromatic carbocycles. The Morgan fingerprint density at radius 2 is 2.00 bits per heavy atom. The molecule has 5 heteroatoms. The molecule has 0 fully saturated rings. The Morgan fingerprint density at radius 3 is 2.53 bits per heavy atom. The van der Waals surface area contributed by atoms with E-state index in [0.717, 1.165) is 15.0 Å². The molecule has 19 heavy (non-hydrogen) atoms. The molecule has 0 aromatic heterocycles. The van der Waals surface area contributed by atoms with Crippen LogP contribution in [0, 0.1) is 5.92 Å². The first-order valence-corrected chi connectivity index (χ1v) is 8.29. The normalized spacial score (nSPS) is 23.0. The lowest BCUT2D eigenvalue weighted by molar-refractivity contribution is -0.113. The molecule has 2 rings (SSSR count). The van der Waals surface area contributed by atoms with E-state index in [-0.39, 0.29) is 5.12 Å². The van der Waals surface area contributed by atoms with Gasteiger partial charge < -0.3 is 0 Å². The van der Waals surface area contributed by atoms with Gasteiger partial charge in [-0.25, -0.2) is 0 Å². The van der Waals surface area contributed by atoms with Crippen LogP contribution in [-0.4, -0.2) is 21.5 Å². The molecule has 1 heterocycles. The average Bonchev–Trinajstić information content (AvgIpc) is 2.66. The number of halogens is 1. The molecule has 0 N–H and O–H groups in total. The molecule has 102 valence electrons. The number of hydrogen-bond donors (Lipinski definition) is 0. The fourth-order valence-electron chi connectivity index (χ4n) is 1.61. The van der Waals surface area contributed by atoms with Crippen molar-refractivity contribution in [1.29, 1.82) is 0 Å². The van der Waals surface area contributed by atoms with Crippen molar-refractivity contribution < 1.29 is 4.79 Å². The van der Waals surface area contributed by atoms with Crippen LogP contribution in [0.5, 0.6) is 0 Å². The summed E-state index contributed by atoms with van der Waals surface area (Å²) in [6.45, 7) is 6.05. The third-order valence-corrected chi connectivity index (χ3v) is 5.78. The Morgan fingerprint density at radius 1 is 1.37 bits per heavy atom. The molecule has 0 amide bonds. The molecule has 0 radical (unpaired) electrons. The van der Waals surface area contributed by atoms with E-state index in [1.807, 2.05) is 31.2 Å². The van der Waals surface area contributed by atoms with Gasteiger partial charge in [0.25, 0.3) is 0 Å². The summed E-state index contributed by atoms with van der Waals surface area (Å²) in [6.07, 6.45) is 0. The molecular formula is C14H16ClNOS2. The molecule has 0 saturated heterocycles. The third kappa shape index (κ3) is 3.56. The van der Waals surface area contributed by atoms with Crippen LogP contribution < -0.4 is 0 Å². The van der Waals surface area contributed by atoms with Crippen molar-refractivity contribution in [3.63, 3.8) is 0 Å². The van der Waals surface area contributed by atoms with E-state index in [2.05, 4.69) is 18.8 Å². The predicted octanol–water partition coefficient (Wildman–Crippen LogP) is 4.52. The Bertz CT molecular complexity index is 513. The Balaban J connectivity index is 2.06. The van der Waals surface area contributed by atoms with Gasteiger partial charge in [0.05, 0.1) is 5.04 Å². The maximum Gasteiger partial charge on any atom is 0.222 e. The van der Waals surface area contributed by atoms with Crippen LogP contribution in [-0.2, 0) is 4.79 Å². The first-order valence-electron chi connectivity index (χ1n) is 6.11. The summed E-state index contributed by atoms with van der Waals surface area (Å²) in [7, 11) is 0. The smallest absolute Gasteiger partial charge is 0.222 e. The number of thioether (sulfide) groups is 2. The van der Waals surface area contributed by atoms with Gasteiger partial charge in [-0.05, 0) is 43.0 Å². The first kappa shape index (κ1) is 14.9. The summed E-state index contributed by atoms with van der Waals surface area (Å²) in [6, 6.07) is 7.66. The maximum atomic E-state index is 12.1. The quantitative estimate of drug-likeness (QED) is 0.765. The fraction of sp³-hybridized carbons (Fsp3) is 0.429. The second-order valence-electron chi connectivity index (χ2n) is 5.01. The van der Waals surface area contributed by atoms with E-state index in [9.17, 15) is 4.79 Å². The van der Waals surface area contributed by atoms with Crippen LogP contribution in [0.1, 0.15) is 20.8 Å². The topological polar surface area (TPSA) is 29.4 Å². The molecule has 0 bridgehead atoms. The van der Waals surface area contributed by atoms with Crippen molar-refractivity contribution in [3.8, 4) is 0 Å². The molecule has 1 aromatic rings. The summed E-state index contributed by atoms with van der Waals surface area (Å²) in [5.41, 5.74) is -0.603. The molecule has 1 aliphatic heterocycles. The van der Waals surface area contributed by atoms with Crippen LogP contribution in [0.3, 0.4) is 0 Å².